The van der Waals surface area contributed by atoms with Crippen LogP contribution < -0.4 is 16.3 Å². The second-order valence-corrected chi connectivity index (χ2v) is 8.18. The summed E-state index contributed by atoms with van der Waals surface area (Å²) in [5.74, 6) is -0.523. The van der Waals surface area contributed by atoms with Gasteiger partial charge in [0.25, 0.3) is 11.5 Å². The van der Waals surface area contributed by atoms with Crippen molar-refractivity contribution in [1.82, 2.24) is 20.2 Å². The maximum absolute atomic E-state index is 12.8. The predicted molar refractivity (Wildman–Crippen MR) is 128 cm³/mol. The van der Waals surface area contributed by atoms with E-state index in [0.717, 1.165) is 5.69 Å². The molecule has 0 radical (unpaired) electrons. The number of carbonyl (C=O) groups excluding carboxylic acids is 1. The van der Waals surface area contributed by atoms with E-state index >= 15 is 0 Å². The number of amides is 1. The number of hydrogen-bond donors (Lipinski definition) is 2. The van der Waals surface area contributed by atoms with Gasteiger partial charge < -0.3 is 5.32 Å². The molecule has 1 amide bonds. The van der Waals surface area contributed by atoms with Gasteiger partial charge in [-0.3, -0.25) is 9.59 Å². The fourth-order valence-electron chi connectivity index (χ4n) is 3.06. The Balaban J connectivity index is 1.54. The molecule has 0 saturated carbocycles. The summed E-state index contributed by atoms with van der Waals surface area (Å²) in [5, 5.41) is 13.2. The molecule has 8 nitrogen and oxygen atoms in total. The van der Waals surface area contributed by atoms with Crippen molar-refractivity contribution in [2.75, 3.05) is 5.32 Å². The third-order valence-electron chi connectivity index (χ3n) is 4.50. The molecule has 10 heteroatoms. The molecule has 32 heavy (non-hydrogen) atoms. The molecule has 2 N–H and O–H groups in total. The number of para-hydroxylation sites is 1. The van der Waals surface area contributed by atoms with Gasteiger partial charge in [-0.05, 0) is 24.6 Å². The summed E-state index contributed by atoms with van der Waals surface area (Å²) < 4.78 is 1.31. The van der Waals surface area contributed by atoms with E-state index < -0.39 is 5.91 Å². The van der Waals surface area contributed by atoms with Crippen LogP contribution in [0.15, 0.2) is 64.5 Å². The fourth-order valence-corrected chi connectivity index (χ4v) is 4.11. The molecule has 4 rings (SSSR count). The van der Waals surface area contributed by atoms with Crippen LogP contribution in [0, 0.1) is 0 Å². The summed E-state index contributed by atoms with van der Waals surface area (Å²) in [4.78, 5) is 30.2. The highest BCUT2D eigenvalue weighted by atomic mass is 35.5. The average molecular weight is 467 g/mol. The number of carbonyl (C=O) groups is 1. The third kappa shape index (κ3) is 4.68. The Morgan fingerprint density at radius 1 is 1.16 bits per heavy atom. The SMILES string of the molecule is CCCn1nc(C(=O)N/N=C/c2sc(Nc3ccccc3)nc2Cl)c2ccccc2c1=O. The van der Waals surface area contributed by atoms with E-state index in [0.29, 0.717) is 33.7 Å². The number of hydrogen-bond acceptors (Lipinski definition) is 7. The molecule has 2 heterocycles. The first-order chi connectivity index (χ1) is 15.6. The van der Waals surface area contributed by atoms with Gasteiger partial charge >= 0.3 is 0 Å². The lowest BCUT2D eigenvalue weighted by molar-refractivity contribution is 0.0949. The number of rotatable bonds is 7. The molecular weight excluding hydrogens is 448 g/mol. The lowest BCUT2D eigenvalue weighted by Crippen LogP contribution is -2.29. The van der Waals surface area contributed by atoms with Crippen molar-refractivity contribution in [2.24, 2.45) is 5.10 Å². The van der Waals surface area contributed by atoms with Crippen molar-refractivity contribution in [3.05, 3.63) is 80.7 Å². The van der Waals surface area contributed by atoms with Gasteiger partial charge in [0.05, 0.1) is 16.5 Å². The maximum atomic E-state index is 12.8. The minimum atomic E-state index is -0.523. The molecule has 0 aliphatic carbocycles. The zero-order valence-corrected chi connectivity index (χ0v) is 18.7. The minimum absolute atomic E-state index is 0.132. The molecule has 0 saturated heterocycles. The van der Waals surface area contributed by atoms with E-state index in [2.05, 4.69) is 25.9 Å². The summed E-state index contributed by atoms with van der Waals surface area (Å²) in [7, 11) is 0. The number of anilines is 2. The standard InChI is InChI=1S/C22H19ClN6O2S/c1-2-12-29-21(31)16-11-7-6-10-15(16)18(28-29)20(30)27-24-13-17-19(23)26-22(32-17)25-14-8-4-3-5-9-14/h3-11,13H,2,12H2,1H3,(H,25,26)(H,27,30)/b24-13+. The van der Waals surface area contributed by atoms with Crippen LogP contribution in [0.1, 0.15) is 28.7 Å². The third-order valence-corrected chi connectivity index (χ3v) is 5.81. The van der Waals surface area contributed by atoms with Crippen molar-refractivity contribution in [2.45, 2.75) is 19.9 Å². The summed E-state index contributed by atoms with van der Waals surface area (Å²) >= 11 is 7.50. The zero-order valence-electron chi connectivity index (χ0n) is 17.1. The number of thiazole rings is 1. The van der Waals surface area contributed by atoms with Gasteiger partial charge in [-0.15, -0.1) is 0 Å². The van der Waals surface area contributed by atoms with Crippen LogP contribution in [0.5, 0.6) is 0 Å². The lowest BCUT2D eigenvalue weighted by Gasteiger charge is -2.09. The Labute approximate surface area is 192 Å². The summed E-state index contributed by atoms with van der Waals surface area (Å²) in [6.45, 7) is 2.36. The highest BCUT2D eigenvalue weighted by Gasteiger charge is 2.16. The fraction of sp³-hybridized carbons (Fsp3) is 0.136. The van der Waals surface area contributed by atoms with Gasteiger partial charge in [0.1, 0.15) is 0 Å². The van der Waals surface area contributed by atoms with Crippen LogP contribution in [0.25, 0.3) is 10.8 Å². The predicted octanol–water partition coefficient (Wildman–Crippen LogP) is 4.42. The number of nitrogens with zero attached hydrogens (tertiary/aromatic N) is 4. The zero-order chi connectivity index (χ0) is 22.5. The van der Waals surface area contributed by atoms with Gasteiger partial charge in [-0.25, -0.2) is 15.1 Å². The van der Waals surface area contributed by atoms with Gasteiger partial charge in [-0.2, -0.15) is 10.2 Å². The molecule has 0 aliphatic heterocycles. The van der Waals surface area contributed by atoms with Gasteiger partial charge in [0.15, 0.2) is 16.0 Å². The van der Waals surface area contributed by atoms with Crippen molar-refractivity contribution in [3.8, 4) is 0 Å². The highest BCUT2D eigenvalue weighted by Crippen LogP contribution is 2.27. The normalized spacial score (nSPS) is 11.2. The van der Waals surface area contributed by atoms with Crippen molar-refractivity contribution in [1.29, 1.82) is 0 Å². The number of benzene rings is 2. The van der Waals surface area contributed by atoms with Gasteiger partial charge in [0, 0.05) is 17.6 Å². The monoisotopic (exact) mass is 466 g/mol. The molecule has 0 aliphatic rings. The number of aromatic nitrogens is 3. The molecular formula is C22H19ClN6O2S. The maximum Gasteiger partial charge on any atom is 0.292 e. The number of aryl methyl sites for hydroxylation is 1. The molecule has 0 spiro atoms. The van der Waals surface area contributed by atoms with Crippen LogP contribution in [0.2, 0.25) is 5.15 Å². The van der Waals surface area contributed by atoms with E-state index in [1.807, 2.05) is 37.3 Å². The van der Waals surface area contributed by atoms with E-state index in [-0.39, 0.29) is 16.4 Å². The molecule has 0 atom stereocenters. The first-order valence-electron chi connectivity index (χ1n) is 9.88. The van der Waals surface area contributed by atoms with E-state index in [4.69, 9.17) is 11.6 Å². The smallest absolute Gasteiger partial charge is 0.292 e. The van der Waals surface area contributed by atoms with Gasteiger partial charge in [-0.1, -0.05) is 66.3 Å². The van der Waals surface area contributed by atoms with Crippen molar-refractivity contribution >= 4 is 56.7 Å². The Morgan fingerprint density at radius 2 is 1.88 bits per heavy atom. The first kappa shape index (κ1) is 21.7. The molecule has 0 unspecified atom stereocenters. The van der Waals surface area contributed by atoms with E-state index in [9.17, 15) is 9.59 Å². The van der Waals surface area contributed by atoms with Crippen LogP contribution >= 0.6 is 22.9 Å². The minimum Gasteiger partial charge on any atom is -0.331 e. The number of hydrazone groups is 1. The van der Waals surface area contributed by atoms with Gasteiger partial charge in [0.2, 0.25) is 0 Å². The van der Waals surface area contributed by atoms with E-state index in [1.54, 1.807) is 24.3 Å². The Hall–Kier alpha value is -3.56. The molecule has 2 aromatic carbocycles. The highest BCUT2D eigenvalue weighted by molar-refractivity contribution is 7.17. The topological polar surface area (TPSA) is 101 Å². The van der Waals surface area contributed by atoms with Crippen LogP contribution in [0.4, 0.5) is 10.8 Å². The Bertz CT molecular complexity index is 1350. The van der Waals surface area contributed by atoms with Crippen molar-refractivity contribution < 1.29 is 4.79 Å². The van der Waals surface area contributed by atoms with Crippen LogP contribution in [-0.4, -0.2) is 26.9 Å². The summed E-state index contributed by atoms with van der Waals surface area (Å²) in [6, 6.07) is 16.5. The summed E-state index contributed by atoms with van der Waals surface area (Å²) in [6.07, 6.45) is 2.14. The largest absolute Gasteiger partial charge is 0.331 e. The number of nitrogens with one attached hydrogen (secondary N) is 2. The second-order valence-electron chi connectivity index (χ2n) is 6.79. The van der Waals surface area contributed by atoms with Crippen molar-refractivity contribution in [3.63, 3.8) is 0 Å². The average Bonchev–Trinajstić information content (AvgIpc) is 3.15. The molecule has 162 valence electrons. The lowest BCUT2D eigenvalue weighted by atomic mass is 10.1. The molecule has 0 fully saturated rings. The Morgan fingerprint density at radius 3 is 2.62 bits per heavy atom. The quantitative estimate of drug-likeness (QED) is 0.310. The second kappa shape index (κ2) is 9.71. The molecule has 4 aromatic rings. The van der Waals surface area contributed by atoms with Crippen LogP contribution in [0.3, 0.4) is 0 Å². The first-order valence-corrected chi connectivity index (χ1v) is 11.1. The number of fused-ring (bicyclic) bond motifs is 1. The molecule has 2 aromatic heterocycles. The van der Waals surface area contributed by atoms with E-state index in [1.165, 1.54) is 22.2 Å². The van der Waals surface area contributed by atoms with Crippen LogP contribution in [-0.2, 0) is 6.54 Å². The molecule has 0 bridgehead atoms. The number of halogens is 1. The Kier molecular flexibility index (Phi) is 6.58. The summed E-state index contributed by atoms with van der Waals surface area (Å²) in [5.41, 5.74) is 3.26.